The summed E-state index contributed by atoms with van der Waals surface area (Å²) in [5.41, 5.74) is 1.96. The van der Waals surface area contributed by atoms with Crippen molar-refractivity contribution in [1.82, 2.24) is 4.57 Å². The van der Waals surface area contributed by atoms with Gasteiger partial charge in [0.2, 0.25) is 0 Å². The third kappa shape index (κ3) is 1.93. The first-order chi connectivity index (χ1) is 9.16. The lowest BCUT2D eigenvalue weighted by atomic mass is 10.0. The van der Waals surface area contributed by atoms with Crippen molar-refractivity contribution in [2.75, 3.05) is 0 Å². The molecule has 3 aromatic rings. The van der Waals surface area contributed by atoms with Gasteiger partial charge in [0.25, 0.3) is 0 Å². The van der Waals surface area contributed by atoms with Gasteiger partial charge in [0, 0.05) is 29.8 Å². The Morgan fingerprint density at radius 2 is 1.84 bits per heavy atom. The summed E-state index contributed by atoms with van der Waals surface area (Å²) in [4.78, 5) is 12.5. The molecule has 3 rings (SSSR count). The lowest BCUT2D eigenvalue weighted by Crippen LogP contribution is -1.99. The van der Waals surface area contributed by atoms with Crippen LogP contribution in [0.4, 0.5) is 4.39 Å². The van der Waals surface area contributed by atoms with Crippen LogP contribution in [0.2, 0.25) is 0 Å². The van der Waals surface area contributed by atoms with E-state index in [-0.39, 0.29) is 11.6 Å². The second-order valence-corrected chi connectivity index (χ2v) is 4.51. The van der Waals surface area contributed by atoms with Crippen LogP contribution in [0.3, 0.4) is 0 Å². The van der Waals surface area contributed by atoms with E-state index in [1.54, 1.807) is 29.0 Å². The van der Waals surface area contributed by atoms with Crippen LogP contribution >= 0.6 is 0 Å². The molecule has 0 saturated heterocycles. The van der Waals surface area contributed by atoms with Gasteiger partial charge in [0.05, 0.1) is 5.52 Å². The predicted octanol–water partition coefficient (Wildman–Crippen LogP) is 3.55. The molecule has 0 saturated carbocycles. The van der Waals surface area contributed by atoms with Gasteiger partial charge in [-0.15, -0.1) is 0 Å². The molecule has 0 amide bonds. The van der Waals surface area contributed by atoms with Crippen LogP contribution in [0.15, 0.2) is 54.7 Å². The summed E-state index contributed by atoms with van der Waals surface area (Å²) in [7, 11) is 1.81. The summed E-state index contributed by atoms with van der Waals surface area (Å²) in [6.45, 7) is 0. The van der Waals surface area contributed by atoms with Crippen LogP contribution in [0.5, 0.6) is 0 Å². The van der Waals surface area contributed by atoms with E-state index < -0.39 is 0 Å². The van der Waals surface area contributed by atoms with Crippen molar-refractivity contribution in [2.24, 2.45) is 7.05 Å². The number of carbonyl (C=O) groups is 1. The summed E-state index contributed by atoms with van der Waals surface area (Å²) in [6, 6.07) is 13.6. The number of hydrogen-bond acceptors (Lipinski definition) is 1. The van der Waals surface area contributed by atoms with Gasteiger partial charge in [-0.25, -0.2) is 4.39 Å². The van der Waals surface area contributed by atoms with Gasteiger partial charge in [0.15, 0.2) is 5.78 Å². The van der Waals surface area contributed by atoms with Crippen LogP contribution in [0, 0.1) is 5.82 Å². The van der Waals surface area contributed by atoms with E-state index in [0.717, 1.165) is 10.9 Å². The summed E-state index contributed by atoms with van der Waals surface area (Å²) in [5, 5.41) is 0.776. The molecule has 1 heterocycles. The maximum Gasteiger partial charge on any atom is 0.195 e. The fourth-order valence-electron chi connectivity index (χ4n) is 2.28. The Labute approximate surface area is 110 Å². The van der Waals surface area contributed by atoms with Crippen molar-refractivity contribution in [2.45, 2.75) is 0 Å². The minimum absolute atomic E-state index is 0.0437. The van der Waals surface area contributed by atoms with Crippen molar-refractivity contribution >= 4 is 16.7 Å². The van der Waals surface area contributed by atoms with Crippen LogP contribution in [-0.2, 0) is 7.05 Å². The Kier molecular flexibility index (Phi) is 2.67. The number of carbonyl (C=O) groups excluding carboxylic acids is 1. The molecule has 0 unspecified atom stereocenters. The fraction of sp³-hybridized carbons (Fsp3) is 0.0625. The largest absolute Gasteiger partial charge is 0.350 e. The average Bonchev–Trinajstić information content (AvgIpc) is 2.76. The average molecular weight is 253 g/mol. The topological polar surface area (TPSA) is 22.0 Å². The van der Waals surface area contributed by atoms with E-state index in [1.165, 1.54) is 12.1 Å². The highest BCUT2D eigenvalue weighted by Crippen LogP contribution is 2.24. The first kappa shape index (κ1) is 11.7. The number of benzene rings is 2. The Morgan fingerprint density at radius 1 is 1.11 bits per heavy atom. The third-order valence-corrected chi connectivity index (χ3v) is 3.23. The number of nitrogens with zero attached hydrogens (tertiary/aromatic N) is 1. The zero-order chi connectivity index (χ0) is 13.4. The van der Waals surface area contributed by atoms with E-state index in [9.17, 15) is 9.18 Å². The summed E-state index contributed by atoms with van der Waals surface area (Å²) >= 11 is 0. The molecule has 1 aromatic heterocycles. The van der Waals surface area contributed by atoms with E-state index in [4.69, 9.17) is 0 Å². The summed E-state index contributed by atoms with van der Waals surface area (Å²) in [6.07, 6.45) is 1.75. The van der Waals surface area contributed by atoms with Crippen molar-refractivity contribution in [3.05, 3.63) is 71.7 Å². The minimum Gasteiger partial charge on any atom is -0.350 e. The summed E-state index contributed by atoms with van der Waals surface area (Å²) in [5.74, 6) is -0.342. The normalized spacial score (nSPS) is 10.8. The minimum atomic E-state index is -0.299. The number of aryl methyl sites for hydroxylation is 1. The molecule has 0 atom stereocenters. The highest BCUT2D eigenvalue weighted by molar-refractivity contribution is 6.16. The molecule has 0 aliphatic heterocycles. The monoisotopic (exact) mass is 253 g/mol. The maximum atomic E-state index is 13.3. The Balaban J connectivity index is 2.19. The van der Waals surface area contributed by atoms with Gasteiger partial charge in [-0.2, -0.15) is 0 Å². The zero-order valence-corrected chi connectivity index (χ0v) is 10.4. The molecule has 94 valence electrons. The number of halogens is 1. The van der Waals surface area contributed by atoms with Crippen LogP contribution in [0.1, 0.15) is 15.9 Å². The summed E-state index contributed by atoms with van der Waals surface area (Å²) < 4.78 is 15.0. The number of ketones is 1. The molecule has 3 heteroatoms. The maximum absolute atomic E-state index is 13.3. The number of aromatic nitrogens is 1. The van der Waals surface area contributed by atoms with Crippen LogP contribution < -0.4 is 0 Å². The number of rotatable bonds is 2. The van der Waals surface area contributed by atoms with Gasteiger partial charge in [-0.05, 0) is 18.2 Å². The van der Waals surface area contributed by atoms with Crippen LogP contribution in [-0.4, -0.2) is 10.4 Å². The van der Waals surface area contributed by atoms with E-state index >= 15 is 0 Å². The number of fused-ring (bicyclic) bond motifs is 1. The lowest BCUT2D eigenvalue weighted by Gasteiger charge is -1.99. The Bertz CT molecular complexity index is 759. The molecular formula is C16H12FNO. The van der Waals surface area contributed by atoms with Crippen molar-refractivity contribution in [1.29, 1.82) is 0 Å². The molecule has 0 bridgehead atoms. The fourth-order valence-corrected chi connectivity index (χ4v) is 2.28. The smallest absolute Gasteiger partial charge is 0.195 e. The van der Waals surface area contributed by atoms with E-state index in [2.05, 4.69) is 0 Å². The van der Waals surface area contributed by atoms with E-state index in [1.807, 2.05) is 25.2 Å². The van der Waals surface area contributed by atoms with E-state index in [0.29, 0.717) is 11.1 Å². The Morgan fingerprint density at radius 3 is 2.58 bits per heavy atom. The van der Waals surface area contributed by atoms with Crippen molar-refractivity contribution < 1.29 is 9.18 Å². The first-order valence-corrected chi connectivity index (χ1v) is 6.01. The molecular weight excluding hydrogens is 241 g/mol. The molecule has 0 fully saturated rings. The van der Waals surface area contributed by atoms with Gasteiger partial charge in [0.1, 0.15) is 5.82 Å². The van der Waals surface area contributed by atoms with Crippen LogP contribution in [0.25, 0.3) is 10.9 Å². The highest BCUT2D eigenvalue weighted by Gasteiger charge is 2.15. The molecule has 0 spiro atoms. The second kappa shape index (κ2) is 4.35. The van der Waals surface area contributed by atoms with Gasteiger partial charge < -0.3 is 4.57 Å². The molecule has 2 nitrogen and oxygen atoms in total. The third-order valence-electron chi connectivity index (χ3n) is 3.23. The predicted molar refractivity (Wildman–Crippen MR) is 72.8 cm³/mol. The molecule has 0 radical (unpaired) electrons. The zero-order valence-electron chi connectivity index (χ0n) is 10.4. The van der Waals surface area contributed by atoms with Crippen molar-refractivity contribution in [3.8, 4) is 0 Å². The van der Waals surface area contributed by atoms with Gasteiger partial charge in [-0.3, -0.25) is 4.79 Å². The number of hydrogen-bond donors (Lipinski definition) is 0. The molecule has 2 aromatic carbocycles. The molecule has 0 aliphatic carbocycles. The highest BCUT2D eigenvalue weighted by atomic mass is 19.1. The quantitative estimate of drug-likeness (QED) is 0.640. The standard InChI is InChI=1S/C16H12FNO/c1-18-10-14(13-8-7-12(17)9-15(13)18)16(19)11-5-3-2-4-6-11/h2-10H,1H3. The molecule has 0 N–H and O–H groups in total. The lowest BCUT2D eigenvalue weighted by molar-refractivity contribution is 0.104. The SMILES string of the molecule is Cn1cc(C(=O)c2ccccc2)c2ccc(F)cc21. The second-order valence-electron chi connectivity index (χ2n) is 4.51. The van der Waals surface area contributed by atoms with Gasteiger partial charge >= 0.3 is 0 Å². The van der Waals surface area contributed by atoms with Gasteiger partial charge in [-0.1, -0.05) is 30.3 Å². The Hall–Kier alpha value is -2.42. The molecule has 19 heavy (non-hydrogen) atoms. The van der Waals surface area contributed by atoms with Crippen molar-refractivity contribution in [3.63, 3.8) is 0 Å². The first-order valence-electron chi connectivity index (χ1n) is 6.01. The molecule has 0 aliphatic rings.